The van der Waals surface area contributed by atoms with Crippen LogP contribution in [-0.2, 0) is 5.88 Å². The molecule has 1 aliphatic heterocycles. The van der Waals surface area contributed by atoms with Gasteiger partial charge in [0.25, 0.3) is 0 Å². The first-order chi connectivity index (χ1) is 8.60. The van der Waals surface area contributed by atoms with E-state index in [1.807, 2.05) is 0 Å². The van der Waals surface area contributed by atoms with Gasteiger partial charge in [-0.3, -0.25) is 0 Å². The van der Waals surface area contributed by atoms with Crippen molar-refractivity contribution in [1.29, 1.82) is 0 Å². The summed E-state index contributed by atoms with van der Waals surface area (Å²) in [6.45, 7) is 3.54. The summed E-state index contributed by atoms with van der Waals surface area (Å²) < 4.78 is 1.09. The molecule has 0 aliphatic carbocycles. The van der Waals surface area contributed by atoms with Crippen molar-refractivity contribution < 1.29 is 0 Å². The van der Waals surface area contributed by atoms with E-state index in [9.17, 15) is 0 Å². The topological polar surface area (TPSA) is 6.48 Å². The standard InChI is InChI=1S/C14H20BrClN2/c1-17-6-5-11(9-17)10-18(2)14-4-3-13(15)7-12(14)8-16/h3-4,7,11H,5-6,8-10H2,1-2H3. The van der Waals surface area contributed by atoms with Gasteiger partial charge in [-0.05, 0) is 49.7 Å². The molecule has 0 amide bonds. The molecule has 1 saturated heterocycles. The van der Waals surface area contributed by atoms with Crippen molar-refractivity contribution in [2.75, 3.05) is 38.6 Å². The third-order valence-electron chi connectivity index (χ3n) is 3.62. The van der Waals surface area contributed by atoms with Crippen molar-refractivity contribution >= 4 is 33.2 Å². The van der Waals surface area contributed by atoms with Crippen LogP contribution in [0.5, 0.6) is 0 Å². The molecule has 1 unspecified atom stereocenters. The minimum atomic E-state index is 0.559. The maximum Gasteiger partial charge on any atom is 0.0494 e. The molecule has 1 aromatic carbocycles. The molecular formula is C14H20BrClN2. The molecular weight excluding hydrogens is 312 g/mol. The highest BCUT2D eigenvalue weighted by molar-refractivity contribution is 9.10. The Labute approximate surface area is 123 Å². The lowest BCUT2D eigenvalue weighted by Gasteiger charge is -2.25. The molecule has 0 saturated carbocycles. The van der Waals surface area contributed by atoms with Crippen LogP contribution >= 0.6 is 27.5 Å². The van der Waals surface area contributed by atoms with Gasteiger partial charge in [0.2, 0.25) is 0 Å². The molecule has 2 nitrogen and oxygen atoms in total. The van der Waals surface area contributed by atoms with Crippen LogP contribution in [-0.4, -0.2) is 38.6 Å². The highest BCUT2D eigenvalue weighted by atomic mass is 79.9. The van der Waals surface area contributed by atoms with Crippen LogP contribution in [0.1, 0.15) is 12.0 Å². The number of halogens is 2. The van der Waals surface area contributed by atoms with E-state index in [-0.39, 0.29) is 0 Å². The first-order valence-electron chi connectivity index (χ1n) is 6.34. The lowest BCUT2D eigenvalue weighted by atomic mass is 10.1. The minimum absolute atomic E-state index is 0.559. The van der Waals surface area contributed by atoms with Crippen LogP contribution < -0.4 is 4.90 Å². The Kier molecular flexibility index (Phi) is 4.93. The van der Waals surface area contributed by atoms with E-state index < -0.39 is 0 Å². The van der Waals surface area contributed by atoms with Crippen molar-refractivity contribution in [3.63, 3.8) is 0 Å². The first-order valence-corrected chi connectivity index (χ1v) is 7.67. The van der Waals surface area contributed by atoms with Gasteiger partial charge in [0.05, 0.1) is 0 Å². The second-order valence-corrected chi connectivity index (χ2v) is 6.39. The van der Waals surface area contributed by atoms with Gasteiger partial charge >= 0.3 is 0 Å². The van der Waals surface area contributed by atoms with Crippen LogP contribution in [0.3, 0.4) is 0 Å². The molecule has 4 heteroatoms. The molecule has 0 radical (unpaired) electrons. The van der Waals surface area contributed by atoms with Gasteiger partial charge in [0.15, 0.2) is 0 Å². The molecule has 0 spiro atoms. The summed E-state index contributed by atoms with van der Waals surface area (Å²) in [5.41, 5.74) is 2.45. The van der Waals surface area contributed by atoms with Crippen LogP contribution in [0, 0.1) is 5.92 Å². The largest absolute Gasteiger partial charge is 0.374 e. The normalized spacial score (nSPS) is 20.3. The predicted molar refractivity (Wildman–Crippen MR) is 82.6 cm³/mol. The van der Waals surface area contributed by atoms with Gasteiger partial charge < -0.3 is 9.80 Å². The first kappa shape index (κ1) is 14.2. The van der Waals surface area contributed by atoms with E-state index >= 15 is 0 Å². The van der Waals surface area contributed by atoms with E-state index in [2.05, 4.69) is 58.0 Å². The van der Waals surface area contributed by atoms with Gasteiger partial charge in [-0.15, -0.1) is 11.6 Å². The molecule has 0 N–H and O–H groups in total. The number of likely N-dealkylation sites (tertiary alicyclic amines) is 1. The number of hydrogen-bond acceptors (Lipinski definition) is 2. The SMILES string of the molecule is CN1CCC(CN(C)c2ccc(Br)cc2CCl)C1. The minimum Gasteiger partial charge on any atom is -0.374 e. The molecule has 0 bridgehead atoms. The summed E-state index contributed by atoms with van der Waals surface area (Å²) in [7, 11) is 4.36. The van der Waals surface area contributed by atoms with Crippen LogP contribution in [0.15, 0.2) is 22.7 Å². The Morgan fingerprint density at radius 2 is 2.28 bits per heavy atom. The van der Waals surface area contributed by atoms with Crippen LogP contribution in [0.25, 0.3) is 0 Å². The third-order valence-corrected chi connectivity index (χ3v) is 4.40. The number of anilines is 1. The zero-order valence-electron chi connectivity index (χ0n) is 11.0. The van der Waals surface area contributed by atoms with Crippen molar-refractivity contribution in [3.8, 4) is 0 Å². The molecule has 18 heavy (non-hydrogen) atoms. The summed E-state index contributed by atoms with van der Waals surface area (Å²) in [5.74, 6) is 1.33. The molecule has 1 atom stereocenters. The van der Waals surface area contributed by atoms with Crippen molar-refractivity contribution in [3.05, 3.63) is 28.2 Å². The summed E-state index contributed by atoms with van der Waals surface area (Å²) in [6.07, 6.45) is 1.30. The second kappa shape index (κ2) is 6.27. The van der Waals surface area contributed by atoms with Gasteiger partial charge in [-0.2, -0.15) is 0 Å². The Morgan fingerprint density at radius 3 is 2.89 bits per heavy atom. The Balaban J connectivity index is 2.06. The Bertz CT molecular complexity index is 411. The van der Waals surface area contributed by atoms with Crippen molar-refractivity contribution in [2.24, 2.45) is 5.92 Å². The fourth-order valence-electron chi connectivity index (χ4n) is 2.69. The smallest absolute Gasteiger partial charge is 0.0494 e. The molecule has 1 fully saturated rings. The van der Waals surface area contributed by atoms with Gasteiger partial charge in [-0.25, -0.2) is 0 Å². The molecule has 2 rings (SSSR count). The zero-order chi connectivity index (χ0) is 13.1. The summed E-state index contributed by atoms with van der Waals surface area (Å²) >= 11 is 9.53. The average Bonchev–Trinajstić information content (AvgIpc) is 2.74. The van der Waals surface area contributed by atoms with Gasteiger partial charge in [0.1, 0.15) is 0 Å². The van der Waals surface area contributed by atoms with E-state index in [4.69, 9.17) is 11.6 Å². The fraction of sp³-hybridized carbons (Fsp3) is 0.571. The number of nitrogens with zero attached hydrogens (tertiary/aromatic N) is 2. The lowest BCUT2D eigenvalue weighted by molar-refractivity contribution is 0.396. The Hall–Kier alpha value is -0.250. The maximum atomic E-state index is 6.03. The van der Waals surface area contributed by atoms with E-state index in [0.29, 0.717) is 5.88 Å². The molecule has 100 valence electrons. The van der Waals surface area contributed by atoms with Crippen LogP contribution in [0.4, 0.5) is 5.69 Å². The van der Waals surface area contributed by atoms with Crippen molar-refractivity contribution in [1.82, 2.24) is 4.90 Å². The number of hydrogen-bond donors (Lipinski definition) is 0. The Morgan fingerprint density at radius 1 is 1.50 bits per heavy atom. The van der Waals surface area contributed by atoms with Crippen LogP contribution in [0.2, 0.25) is 0 Å². The monoisotopic (exact) mass is 330 g/mol. The zero-order valence-corrected chi connectivity index (χ0v) is 13.3. The number of alkyl halides is 1. The molecule has 1 heterocycles. The lowest BCUT2D eigenvalue weighted by Crippen LogP contribution is -2.27. The van der Waals surface area contributed by atoms with Crippen molar-refractivity contribution in [2.45, 2.75) is 12.3 Å². The third kappa shape index (κ3) is 3.40. The predicted octanol–water partition coefficient (Wildman–Crippen LogP) is 3.58. The average molecular weight is 332 g/mol. The molecule has 0 aromatic heterocycles. The summed E-state index contributed by atoms with van der Waals surface area (Å²) in [4.78, 5) is 4.75. The quantitative estimate of drug-likeness (QED) is 0.778. The summed E-state index contributed by atoms with van der Waals surface area (Å²) in [6, 6.07) is 6.35. The summed E-state index contributed by atoms with van der Waals surface area (Å²) in [5, 5.41) is 0. The van der Waals surface area contributed by atoms with Gasteiger partial charge in [-0.1, -0.05) is 15.9 Å². The van der Waals surface area contributed by atoms with E-state index in [1.54, 1.807) is 0 Å². The second-order valence-electron chi connectivity index (χ2n) is 5.20. The molecule has 1 aliphatic rings. The van der Waals surface area contributed by atoms with E-state index in [0.717, 1.165) is 16.9 Å². The van der Waals surface area contributed by atoms with E-state index in [1.165, 1.54) is 30.8 Å². The highest BCUT2D eigenvalue weighted by Gasteiger charge is 2.21. The fourth-order valence-corrected chi connectivity index (χ4v) is 3.32. The molecule has 1 aromatic rings. The number of rotatable bonds is 4. The van der Waals surface area contributed by atoms with Gasteiger partial charge in [0, 0.05) is 36.2 Å². The maximum absolute atomic E-state index is 6.03. The highest BCUT2D eigenvalue weighted by Crippen LogP contribution is 2.27. The number of benzene rings is 1.